The fourth-order valence-electron chi connectivity index (χ4n) is 1.50. The molecule has 1 aliphatic heterocycles. The lowest BCUT2D eigenvalue weighted by molar-refractivity contribution is -0.335. The van der Waals surface area contributed by atoms with Gasteiger partial charge in [0.15, 0.2) is 23.3 Å². The second-order valence-corrected chi connectivity index (χ2v) is 3.49. The third kappa shape index (κ3) is 1.51. The first-order chi connectivity index (χ1) is 8.52. The number of ether oxygens (including phenoxy) is 1. The van der Waals surface area contributed by atoms with Crippen LogP contribution in [0.1, 0.15) is 15.9 Å². The molecule has 0 atom stereocenters. The maximum Gasteiger partial charge on any atom is 0.471 e. The summed E-state index contributed by atoms with van der Waals surface area (Å²) in [6.45, 7) is 0. The zero-order valence-corrected chi connectivity index (χ0v) is 8.34. The summed E-state index contributed by atoms with van der Waals surface area (Å²) in [5.41, 5.74) is -4.68. The van der Waals surface area contributed by atoms with Crippen LogP contribution in [0.4, 0.5) is 35.1 Å². The van der Waals surface area contributed by atoms with E-state index in [0.29, 0.717) is 0 Å². The lowest BCUT2D eigenvalue weighted by atomic mass is 9.96. The van der Waals surface area contributed by atoms with Gasteiger partial charge in [-0.05, 0) is 0 Å². The van der Waals surface area contributed by atoms with Crippen LogP contribution < -0.4 is 0 Å². The molecule has 0 radical (unpaired) electrons. The Balaban J connectivity index is 2.95. The van der Waals surface area contributed by atoms with Crippen molar-refractivity contribution < 1.29 is 44.7 Å². The SMILES string of the molecule is O=C1OC(F)(F)C(F)(F)c2c(F)c(F)c(F)c(F)c21. The molecule has 19 heavy (non-hydrogen) atoms. The Morgan fingerprint density at radius 1 is 0.789 bits per heavy atom. The molecule has 0 amide bonds. The van der Waals surface area contributed by atoms with Gasteiger partial charge in [-0.2, -0.15) is 17.6 Å². The van der Waals surface area contributed by atoms with Gasteiger partial charge in [-0.15, -0.1) is 0 Å². The van der Waals surface area contributed by atoms with Gasteiger partial charge in [0.2, 0.25) is 0 Å². The molecule has 1 aromatic carbocycles. The molecule has 1 aromatic rings. The molecule has 0 aliphatic carbocycles. The van der Waals surface area contributed by atoms with E-state index in [0.717, 1.165) is 0 Å². The van der Waals surface area contributed by atoms with Crippen LogP contribution in [0, 0.1) is 23.3 Å². The number of carbonyl (C=O) groups is 1. The normalized spacial score (nSPS) is 19.9. The van der Waals surface area contributed by atoms with E-state index in [1.807, 2.05) is 0 Å². The van der Waals surface area contributed by atoms with E-state index in [-0.39, 0.29) is 0 Å². The minimum Gasteiger partial charge on any atom is -0.392 e. The maximum atomic E-state index is 13.2. The molecule has 2 nitrogen and oxygen atoms in total. The molecular formula is C9F8O2. The van der Waals surface area contributed by atoms with Crippen LogP contribution in [0.2, 0.25) is 0 Å². The Kier molecular flexibility index (Phi) is 2.55. The Morgan fingerprint density at radius 3 is 1.79 bits per heavy atom. The van der Waals surface area contributed by atoms with Crippen LogP contribution in [-0.4, -0.2) is 12.1 Å². The van der Waals surface area contributed by atoms with Crippen molar-refractivity contribution in [1.82, 2.24) is 0 Å². The van der Waals surface area contributed by atoms with E-state index in [1.54, 1.807) is 0 Å². The van der Waals surface area contributed by atoms with E-state index < -0.39 is 52.4 Å². The molecule has 104 valence electrons. The zero-order chi connectivity index (χ0) is 14.7. The van der Waals surface area contributed by atoms with Crippen molar-refractivity contribution in [1.29, 1.82) is 0 Å². The smallest absolute Gasteiger partial charge is 0.392 e. The highest BCUT2D eigenvalue weighted by molar-refractivity contribution is 5.93. The van der Waals surface area contributed by atoms with Gasteiger partial charge < -0.3 is 4.74 Å². The molecule has 0 fully saturated rings. The highest BCUT2D eigenvalue weighted by Gasteiger charge is 2.68. The summed E-state index contributed by atoms with van der Waals surface area (Å²) in [7, 11) is 0. The van der Waals surface area contributed by atoms with Crippen LogP contribution in [0.3, 0.4) is 0 Å². The Hall–Kier alpha value is -1.87. The third-order valence-electron chi connectivity index (χ3n) is 2.37. The second kappa shape index (κ2) is 3.58. The summed E-state index contributed by atoms with van der Waals surface area (Å²) < 4.78 is 107. The number of carbonyl (C=O) groups excluding carboxylic acids is 1. The van der Waals surface area contributed by atoms with Crippen molar-refractivity contribution in [3.63, 3.8) is 0 Å². The van der Waals surface area contributed by atoms with Crippen molar-refractivity contribution in [3.8, 4) is 0 Å². The highest BCUT2D eigenvalue weighted by atomic mass is 19.3. The summed E-state index contributed by atoms with van der Waals surface area (Å²) in [4.78, 5) is 10.9. The standard InChI is InChI=1S/C9F8O2/c10-3-1-2(4(11)6(13)5(3)12)8(14,15)9(16,17)19-7(1)18. The minimum absolute atomic E-state index is 2.10. The molecule has 0 saturated carbocycles. The molecule has 0 bridgehead atoms. The number of halogens is 8. The summed E-state index contributed by atoms with van der Waals surface area (Å²) in [5.74, 6) is -18.6. The topological polar surface area (TPSA) is 26.3 Å². The molecule has 0 aromatic heterocycles. The molecule has 1 aliphatic rings. The van der Waals surface area contributed by atoms with Crippen molar-refractivity contribution in [2.75, 3.05) is 0 Å². The molecule has 1 heterocycles. The van der Waals surface area contributed by atoms with Gasteiger partial charge in [-0.1, -0.05) is 0 Å². The maximum absolute atomic E-state index is 13.2. The molecule has 0 N–H and O–H groups in total. The highest BCUT2D eigenvalue weighted by Crippen LogP contribution is 2.50. The van der Waals surface area contributed by atoms with E-state index in [1.165, 1.54) is 0 Å². The Bertz CT molecular complexity index is 595. The summed E-state index contributed by atoms with van der Waals surface area (Å²) in [6, 6.07) is 0. The zero-order valence-electron chi connectivity index (χ0n) is 8.34. The molecule has 10 heteroatoms. The molecule has 0 spiro atoms. The molecule has 2 rings (SSSR count). The van der Waals surface area contributed by atoms with Gasteiger partial charge in [0.05, 0.1) is 5.56 Å². The lowest BCUT2D eigenvalue weighted by Crippen LogP contribution is -2.48. The fraction of sp³-hybridized carbons (Fsp3) is 0.222. The van der Waals surface area contributed by atoms with Gasteiger partial charge in [-0.3, -0.25) is 0 Å². The van der Waals surface area contributed by atoms with Gasteiger partial charge in [0.25, 0.3) is 0 Å². The van der Waals surface area contributed by atoms with Crippen molar-refractivity contribution in [3.05, 3.63) is 34.4 Å². The largest absolute Gasteiger partial charge is 0.471 e. The molecule has 0 saturated heterocycles. The van der Waals surface area contributed by atoms with Gasteiger partial charge >= 0.3 is 18.0 Å². The quantitative estimate of drug-likeness (QED) is 0.318. The first kappa shape index (κ1) is 13.6. The van der Waals surface area contributed by atoms with Crippen molar-refractivity contribution in [2.45, 2.75) is 12.0 Å². The van der Waals surface area contributed by atoms with Crippen LogP contribution in [0.15, 0.2) is 0 Å². The molecule has 0 unspecified atom stereocenters. The first-order valence-corrected chi connectivity index (χ1v) is 4.37. The second-order valence-electron chi connectivity index (χ2n) is 3.49. The number of benzene rings is 1. The van der Waals surface area contributed by atoms with Crippen LogP contribution >= 0.6 is 0 Å². The Labute approximate surface area is 98.1 Å². The number of alkyl halides is 4. The Morgan fingerprint density at radius 2 is 1.26 bits per heavy atom. The van der Waals surface area contributed by atoms with Crippen LogP contribution in [-0.2, 0) is 10.7 Å². The van der Waals surface area contributed by atoms with E-state index in [9.17, 15) is 39.9 Å². The monoisotopic (exact) mass is 292 g/mol. The van der Waals surface area contributed by atoms with E-state index in [4.69, 9.17) is 0 Å². The van der Waals surface area contributed by atoms with Gasteiger partial charge in [-0.25, -0.2) is 22.4 Å². The van der Waals surface area contributed by atoms with Crippen molar-refractivity contribution >= 4 is 5.97 Å². The van der Waals surface area contributed by atoms with Crippen molar-refractivity contribution in [2.24, 2.45) is 0 Å². The minimum atomic E-state index is -5.55. The van der Waals surface area contributed by atoms with Gasteiger partial charge in [0.1, 0.15) is 5.56 Å². The summed E-state index contributed by atoms with van der Waals surface area (Å²) >= 11 is 0. The van der Waals surface area contributed by atoms with E-state index >= 15 is 0 Å². The number of rotatable bonds is 0. The van der Waals surface area contributed by atoms with Crippen LogP contribution in [0.25, 0.3) is 0 Å². The average Bonchev–Trinajstić information content (AvgIpc) is 2.28. The third-order valence-corrected chi connectivity index (χ3v) is 2.37. The lowest BCUT2D eigenvalue weighted by Gasteiger charge is -2.31. The van der Waals surface area contributed by atoms with Crippen LogP contribution in [0.5, 0.6) is 0 Å². The summed E-state index contributed by atoms with van der Waals surface area (Å²) in [6.07, 6.45) is -5.52. The number of hydrogen-bond acceptors (Lipinski definition) is 2. The molecular weight excluding hydrogens is 292 g/mol. The number of hydrogen-bond donors (Lipinski definition) is 0. The summed E-state index contributed by atoms with van der Waals surface area (Å²) in [5, 5.41) is 0. The predicted octanol–water partition coefficient (Wildman–Crippen LogP) is 3.10. The first-order valence-electron chi connectivity index (χ1n) is 4.37. The van der Waals surface area contributed by atoms with E-state index in [2.05, 4.69) is 4.74 Å². The predicted molar refractivity (Wildman–Crippen MR) is 40.5 cm³/mol. The van der Waals surface area contributed by atoms with Gasteiger partial charge in [0, 0.05) is 0 Å². The number of cyclic esters (lactones) is 1. The number of fused-ring (bicyclic) bond motifs is 1. The number of esters is 1. The fourth-order valence-corrected chi connectivity index (χ4v) is 1.50. The average molecular weight is 292 g/mol.